The Morgan fingerprint density at radius 1 is 1.16 bits per heavy atom. The van der Waals surface area contributed by atoms with Crippen LogP contribution in [0.3, 0.4) is 0 Å². The molecule has 2 rings (SSSR count). The number of carbonyl (C=O) groups excluding carboxylic acids is 1. The lowest BCUT2D eigenvalue weighted by atomic mass is 10.0. The lowest BCUT2D eigenvalue weighted by molar-refractivity contribution is -0.139. The Labute approximate surface area is 151 Å². The Balaban J connectivity index is 1.81. The number of nitrogens with zero attached hydrogens (tertiary/aromatic N) is 1. The largest absolute Gasteiger partial charge is 0.492 e. The molecular weight excluding hydrogens is 316 g/mol. The average molecular weight is 348 g/mol. The summed E-state index contributed by atoms with van der Waals surface area (Å²) >= 11 is 0. The molecule has 0 radical (unpaired) electrons. The van der Waals surface area contributed by atoms with Gasteiger partial charge in [0.2, 0.25) is 0 Å². The third kappa shape index (κ3) is 6.01. The smallest absolute Gasteiger partial charge is 0.256 e. The van der Waals surface area contributed by atoms with Gasteiger partial charge in [-0.3, -0.25) is 9.69 Å². The number of benzene rings is 1. The van der Waals surface area contributed by atoms with Crippen molar-refractivity contribution in [2.24, 2.45) is 0 Å². The fourth-order valence-electron chi connectivity index (χ4n) is 2.85. The summed E-state index contributed by atoms with van der Waals surface area (Å²) in [5, 5.41) is 2.94. The minimum Gasteiger partial charge on any atom is -0.492 e. The third-order valence-electron chi connectivity index (χ3n) is 4.77. The van der Waals surface area contributed by atoms with E-state index in [1.54, 1.807) is 0 Å². The number of hydrogen-bond acceptors (Lipinski definition) is 4. The van der Waals surface area contributed by atoms with Gasteiger partial charge in [-0.25, -0.2) is 0 Å². The van der Waals surface area contributed by atoms with Gasteiger partial charge in [0, 0.05) is 18.8 Å². The predicted molar refractivity (Wildman–Crippen MR) is 101 cm³/mol. The average Bonchev–Trinajstić information content (AvgIpc) is 3.14. The molecule has 1 heterocycles. The van der Waals surface area contributed by atoms with E-state index in [9.17, 15) is 4.79 Å². The minimum atomic E-state index is -0.791. The summed E-state index contributed by atoms with van der Waals surface area (Å²) in [7, 11) is 0. The van der Waals surface area contributed by atoms with Crippen molar-refractivity contribution in [3.63, 3.8) is 0 Å². The highest BCUT2D eigenvalue weighted by molar-refractivity contribution is 5.97. The van der Waals surface area contributed by atoms with Crippen molar-refractivity contribution >= 4 is 11.6 Å². The molecule has 140 valence electrons. The van der Waals surface area contributed by atoms with Gasteiger partial charge in [-0.1, -0.05) is 13.8 Å². The maximum Gasteiger partial charge on any atom is 0.256 e. The molecule has 5 nitrogen and oxygen atoms in total. The van der Waals surface area contributed by atoms with Crippen molar-refractivity contribution in [3.8, 4) is 5.75 Å². The fraction of sp³-hybridized carbons (Fsp3) is 0.650. The second kappa shape index (κ2) is 9.78. The summed E-state index contributed by atoms with van der Waals surface area (Å²) in [4.78, 5) is 14.9. The van der Waals surface area contributed by atoms with Crippen LogP contribution in [0.4, 0.5) is 5.69 Å². The number of amides is 1. The topological polar surface area (TPSA) is 50.8 Å². The molecule has 0 bridgehead atoms. The zero-order valence-electron chi connectivity index (χ0n) is 15.8. The van der Waals surface area contributed by atoms with E-state index in [0.717, 1.165) is 24.4 Å². The van der Waals surface area contributed by atoms with Crippen LogP contribution in [0.25, 0.3) is 0 Å². The van der Waals surface area contributed by atoms with E-state index in [1.165, 1.54) is 25.9 Å². The zero-order chi connectivity index (χ0) is 18.1. The summed E-state index contributed by atoms with van der Waals surface area (Å²) in [5.74, 6) is 0.726. The van der Waals surface area contributed by atoms with E-state index in [4.69, 9.17) is 9.47 Å². The van der Waals surface area contributed by atoms with Gasteiger partial charge in [0.1, 0.15) is 18.0 Å². The van der Waals surface area contributed by atoms with Crippen LogP contribution in [0.2, 0.25) is 0 Å². The van der Waals surface area contributed by atoms with Crippen LogP contribution in [0.15, 0.2) is 24.3 Å². The van der Waals surface area contributed by atoms with Crippen LogP contribution in [0.5, 0.6) is 5.75 Å². The second-order valence-corrected chi connectivity index (χ2v) is 6.81. The van der Waals surface area contributed by atoms with Crippen LogP contribution < -0.4 is 10.1 Å². The first-order chi connectivity index (χ1) is 12.1. The molecule has 0 unspecified atom stereocenters. The van der Waals surface area contributed by atoms with Crippen molar-refractivity contribution < 1.29 is 14.3 Å². The van der Waals surface area contributed by atoms with Crippen molar-refractivity contribution in [3.05, 3.63) is 24.3 Å². The van der Waals surface area contributed by atoms with Crippen molar-refractivity contribution in [1.82, 2.24) is 4.90 Å². The Hall–Kier alpha value is -1.59. The van der Waals surface area contributed by atoms with Gasteiger partial charge >= 0.3 is 0 Å². The first-order valence-electron chi connectivity index (χ1n) is 9.48. The summed E-state index contributed by atoms with van der Waals surface area (Å²) in [6, 6.07) is 7.55. The van der Waals surface area contributed by atoms with E-state index in [0.29, 0.717) is 19.6 Å². The third-order valence-corrected chi connectivity index (χ3v) is 4.77. The molecule has 5 heteroatoms. The molecule has 25 heavy (non-hydrogen) atoms. The SMILES string of the molecule is CCCO[C@](C)(CC)C(=O)Nc1ccc(OCCN2CCCC2)cc1. The summed E-state index contributed by atoms with van der Waals surface area (Å²) < 4.78 is 11.5. The molecule has 0 aliphatic carbocycles. The number of carbonyl (C=O) groups is 1. The molecule has 1 N–H and O–H groups in total. The van der Waals surface area contributed by atoms with Crippen LogP contribution in [-0.4, -0.2) is 49.3 Å². The number of hydrogen-bond donors (Lipinski definition) is 1. The van der Waals surface area contributed by atoms with E-state index in [1.807, 2.05) is 45.0 Å². The molecule has 1 aliphatic heterocycles. The minimum absolute atomic E-state index is 0.105. The molecule has 1 aliphatic rings. The summed E-state index contributed by atoms with van der Waals surface area (Å²) in [6.07, 6.45) is 4.13. The monoisotopic (exact) mass is 348 g/mol. The molecule has 1 saturated heterocycles. The zero-order valence-corrected chi connectivity index (χ0v) is 15.8. The van der Waals surface area contributed by atoms with Crippen LogP contribution >= 0.6 is 0 Å². The molecule has 0 spiro atoms. The van der Waals surface area contributed by atoms with E-state index in [-0.39, 0.29) is 5.91 Å². The molecular formula is C20H32N2O3. The van der Waals surface area contributed by atoms with Gasteiger partial charge in [0.05, 0.1) is 0 Å². The number of anilines is 1. The molecule has 0 aromatic heterocycles. The quantitative estimate of drug-likeness (QED) is 0.700. The molecule has 1 fully saturated rings. The Morgan fingerprint density at radius 3 is 2.44 bits per heavy atom. The molecule has 0 saturated carbocycles. The van der Waals surface area contributed by atoms with Gasteiger partial charge < -0.3 is 14.8 Å². The van der Waals surface area contributed by atoms with Crippen molar-refractivity contribution in [1.29, 1.82) is 0 Å². The molecule has 1 atom stereocenters. The lowest BCUT2D eigenvalue weighted by Crippen LogP contribution is -2.42. The summed E-state index contributed by atoms with van der Waals surface area (Å²) in [6.45, 7) is 10.5. The number of ether oxygens (including phenoxy) is 2. The standard InChI is InChI=1S/C20H32N2O3/c1-4-15-25-20(3,5-2)19(23)21-17-8-10-18(11-9-17)24-16-14-22-12-6-7-13-22/h8-11H,4-7,12-16H2,1-3H3,(H,21,23)/t20-/m1/s1. The molecule has 1 aromatic carbocycles. The number of rotatable bonds is 10. The normalized spacial score (nSPS) is 17.2. The maximum absolute atomic E-state index is 12.5. The van der Waals surface area contributed by atoms with E-state index in [2.05, 4.69) is 10.2 Å². The Morgan fingerprint density at radius 2 is 1.84 bits per heavy atom. The molecule has 1 amide bonds. The fourth-order valence-corrected chi connectivity index (χ4v) is 2.85. The first kappa shape index (κ1) is 19.7. The highest BCUT2D eigenvalue weighted by Crippen LogP contribution is 2.21. The highest BCUT2D eigenvalue weighted by Gasteiger charge is 2.32. The first-order valence-corrected chi connectivity index (χ1v) is 9.48. The van der Waals surface area contributed by atoms with E-state index >= 15 is 0 Å². The van der Waals surface area contributed by atoms with Crippen molar-refractivity contribution in [2.75, 3.05) is 38.2 Å². The van der Waals surface area contributed by atoms with Crippen LogP contribution in [0, 0.1) is 0 Å². The number of likely N-dealkylation sites (tertiary alicyclic amines) is 1. The predicted octanol–water partition coefficient (Wildman–Crippen LogP) is 3.70. The van der Waals surface area contributed by atoms with E-state index < -0.39 is 5.60 Å². The van der Waals surface area contributed by atoms with Crippen LogP contribution in [0.1, 0.15) is 46.5 Å². The van der Waals surface area contributed by atoms with Gasteiger partial charge in [-0.2, -0.15) is 0 Å². The lowest BCUT2D eigenvalue weighted by Gasteiger charge is -2.27. The maximum atomic E-state index is 12.5. The second-order valence-electron chi connectivity index (χ2n) is 6.81. The van der Waals surface area contributed by atoms with Gasteiger partial charge in [-0.15, -0.1) is 0 Å². The summed E-state index contributed by atoms with van der Waals surface area (Å²) in [5.41, 5.74) is -0.0300. The van der Waals surface area contributed by atoms with Crippen molar-refractivity contribution in [2.45, 2.75) is 52.1 Å². The van der Waals surface area contributed by atoms with Gasteiger partial charge in [-0.05, 0) is 70.0 Å². The molecule has 1 aromatic rings. The van der Waals surface area contributed by atoms with Gasteiger partial charge in [0.15, 0.2) is 0 Å². The Bertz CT molecular complexity index is 526. The highest BCUT2D eigenvalue weighted by atomic mass is 16.5. The Kier molecular flexibility index (Phi) is 7.72. The number of nitrogens with one attached hydrogen (secondary N) is 1. The van der Waals surface area contributed by atoms with Gasteiger partial charge in [0.25, 0.3) is 5.91 Å². The van der Waals surface area contributed by atoms with Crippen LogP contribution in [-0.2, 0) is 9.53 Å².